The standard InChI is InChI=1S/C16H21NO2/c1-17(11-15-7-4-8-19-15)16(18)14-9-12-5-2-3-6-13(12)10-14/h2-3,5-6,14-15H,4,7-11H2,1H3. The molecule has 3 heteroatoms. The lowest BCUT2D eigenvalue weighted by Gasteiger charge is -2.23. The van der Waals surface area contributed by atoms with Crippen molar-refractivity contribution >= 4 is 5.91 Å². The van der Waals surface area contributed by atoms with E-state index in [4.69, 9.17) is 4.74 Å². The molecule has 0 aromatic heterocycles. The van der Waals surface area contributed by atoms with E-state index in [0.717, 1.165) is 38.8 Å². The molecule has 0 saturated carbocycles. The molecule has 0 N–H and O–H groups in total. The van der Waals surface area contributed by atoms with E-state index in [0.29, 0.717) is 0 Å². The third kappa shape index (κ3) is 2.66. The Balaban J connectivity index is 1.59. The largest absolute Gasteiger partial charge is 0.376 e. The topological polar surface area (TPSA) is 29.5 Å². The minimum absolute atomic E-state index is 0.129. The molecule has 1 saturated heterocycles. The minimum Gasteiger partial charge on any atom is -0.376 e. The second kappa shape index (κ2) is 5.33. The lowest BCUT2D eigenvalue weighted by Crippen LogP contribution is -2.38. The van der Waals surface area contributed by atoms with Crippen LogP contribution in [0.25, 0.3) is 0 Å². The molecule has 19 heavy (non-hydrogen) atoms. The molecule has 1 heterocycles. The normalized spacial score (nSPS) is 22.5. The van der Waals surface area contributed by atoms with E-state index >= 15 is 0 Å². The summed E-state index contributed by atoms with van der Waals surface area (Å²) < 4.78 is 5.60. The van der Waals surface area contributed by atoms with Gasteiger partial charge in [-0.15, -0.1) is 0 Å². The summed E-state index contributed by atoms with van der Waals surface area (Å²) in [4.78, 5) is 14.3. The SMILES string of the molecule is CN(CC1CCCO1)C(=O)C1Cc2ccccc2C1. The Kier molecular flexibility index (Phi) is 3.56. The van der Waals surface area contributed by atoms with Crippen molar-refractivity contribution in [2.24, 2.45) is 5.92 Å². The van der Waals surface area contributed by atoms with Gasteiger partial charge in [-0.2, -0.15) is 0 Å². The van der Waals surface area contributed by atoms with Gasteiger partial charge in [0.1, 0.15) is 0 Å². The number of ether oxygens (including phenoxy) is 1. The number of hydrogen-bond acceptors (Lipinski definition) is 2. The molecule has 1 aliphatic heterocycles. The molecule has 3 nitrogen and oxygen atoms in total. The first-order chi connectivity index (χ1) is 9.24. The predicted molar refractivity (Wildman–Crippen MR) is 74.0 cm³/mol. The second-order valence-electron chi connectivity index (χ2n) is 5.73. The van der Waals surface area contributed by atoms with Gasteiger partial charge in [-0.1, -0.05) is 24.3 Å². The second-order valence-corrected chi connectivity index (χ2v) is 5.73. The van der Waals surface area contributed by atoms with E-state index in [2.05, 4.69) is 24.3 Å². The fourth-order valence-electron chi connectivity index (χ4n) is 3.23. The van der Waals surface area contributed by atoms with Gasteiger partial charge in [-0.05, 0) is 36.8 Å². The highest BCUT2D eigenvalue weighted by molar-refractivity contribution is 5.80. The van der Waals surface area contributed by atoms with Crippen molar-refractivity contribution in [3.63, 3.8) is 0 Å². The quantitative estimate of drug-likeness (QED) is 0.831. The van der Waals surface area contributed by atoms with E-state index in [1.807, 2.05) is 11.9 Å². The lowest BCUT2D eigenvalue weighted by molar-refractivity contribution is -0.135. The molecule has 1 unspecified atom stereocenters. The first-order valence-electron chi connectivity index (χ1n) is 7.17. The van der Waals surface area contributed by atoms with Gasteiger partial charge in [0, 0.05) is 26.1 Å². The Bertz CT molecular complexity index is 441. The average molecular weight is 259 g/mol. The maximum absolute atomic E-state index is 12.5. The highest BCUT2D eigenvalue weighted by Gasteiger charge is 2.30. The molecule has 1 aromatic rings. The van der Waals surface area contributed by atoms with Crippen molar-refractivity contribution in [3.05, 3.63) is 35.4 Å². The molecule has 0 bridgehead atoms. The van der Waals surface area contributed by atoms with Crippen LogP contribution < -0.4 is 0 Å². The van der Waals surface area contributed by atoms with Crippen LogP contribution in [0.2, 0.25) is 0 Å². The van der Waals surface area contributed by atoms with Crippen LogP contribution in [-0.2, 0) is 22.4 Å². The van der Waals surface area contributed by atoms with Crippen LogP contribution >= 0.6 is 0 Å². The van der Waals surface area contributed by atoms with Crippen LogP contribution in [-0.4, -0.2) is 37.1 Å². The number of fused-ring (bicyclic) bond motifs is 1. The first kappa shape index (κ1) is 12.7. The van der Waals surface area contributed by atoms with Crippen LogP contribution in [0.15, 0.2) is 24.3 Å². The van der Waals surface area contributed by atoms with Crippen LogP contribution in [0.1, 0.15) is 24.0 Å². The van der Waals surface area contributed by atoms with Crippen molar-refractivity contribution in [1.29, 1.82) is 0 Å². The molecule has 2 aliphatic rings. The van der Waals surface area contributed by atoms with Crippen LogP contribution in [0, 0.1) is 5.92 Å². The number of hydrogen-bond donors (Lipinski definition) is 0. The van der Waals surface area contributed by atoms with Gasteiger partial charge in [0.2, 0.25) is 5.91 Å². The van der Waals surface area contributed by atoms with Crippen LogP contribution in [0.3, 0.4) is 0 Å². The van der Waals surface area contributed by atoms with Gasteiger partial charge in [0.05, 0.1) is 6.10 Å². The van der Waals surface area contributed by atoms with Crippen molar-refractivity contribution < 1.29 is 9.53 Å². The molecule has 1 atom stereocenters. The summed E-state index contributed by atoms with van der Waals surface area (Å²) in [5.74, 6) is 0.399. The highest BCUT2D eigenvalue weighted by Crippen LogP contribution is 2.27. The lowest BCUT2D eigenvalue weighted by atomic mass is 10.0. The van der Waals surface area contributed by atoms with Crippen molar-refractivity contribution in [3.8, 4) is 0 Å². The Morgan fingerprint density at radius 3 is 2.58 bits per heavy atom. The fourth-order valence-corrected chi connectivity index (χ4v) is 3.23. The van der Waals surface area contributed by atoms with Crippen molar-refractivity contribution in [2.75, 3.05) is 20.2 Å². The van der Waals surface area contributed by atoms with E-state index in [1.165, 1.54) is 11.1 Å². The summed E-state index contributed by atoms with van der Waals surface area (Å²) in [7, 11) is 1.91. The summed E-state index contributed by atoms with van der Waals surface area (Å²) in [5.41, 5.74) is 2.68. The van der Waals surface area contributed by atoms with Crippen LogP contribution in [0.5, 0.6) is 0 Å². The number of carbonyl (C=O) groups excluding carboxylic acids is 1. The number of rotatable bonds is 3. The summed E-state index contributed by atoms with van der Waals surface area (Å²) in [6, 6.07) is 8.40. The zero-order valence-electron chi connectivity index (χ0n) is 11.5. The average Bonchev–Trinajstić information content (AvgIpc) is 3.05. The third-order valence-electron chi connectivity index (χ3n) is 4.28. The van der Waals surface area contributed by atoms with Gasteiger partial charge < -0.3 is 9.64 Å². The summed E-state index contributed by atoms with van der Waals surface area (Å²) >= 11 is 0. The van der Waals surface area contributed by atoms with E-state index in [1.54, 1.807) is 0 Å². The Morgan fingerprint density at radius 2 is 2.00 bits per heavy atom. The maximum atomic E-state index is 12.5. The Hall–Kier alpha value is -1.35. The molecule has 1 aromatic carbocycles. The fraction of sp³-hybridized carbons (Fsp3) is 0.562. The number of carbonyl (C=O) groups is 1. The summed E-state index contributed by atoms with van der Waals surface area (Å²) in [6.07, 6.45) is 4.25. The minimum atomic E-state index is 0.129. The molecule has 1 fully saturated rings. The molecule has 1 amide bonds. The number of nitrogens with zero attached hydrogens (tertiary/aromatic N) is 1. The maximum Gasteiger partial charge on any atom is 0.226 e. The Labute approximate surface area is 114 Å². The van der Waals surface area contributed by atoms with E-state index in [-0.39, 0.29) is 17.9 Å². The van der Waals surface area contributed by atoms with Gasteiger partial charge in [0.25, 0.3) is 0 Å². The van der Waals surface area contributed by atoms with Crippen LogP contribution in [0.4, 0.5) is 0 Å². The zero-order chi connectivity index (χ0) is 13.2. The van der Waals surface area contributed by atoms with Gasteiger partial charge in [0.15, 0.2) is 0 Å². The molecule has 3 rings (SSSR count). The van der Waals surface area contributed by atoms with Crippen molar-refractivity contribution in [2.45, 2.75) is 31.8 Å². The third-order valence-corrected chi connectivity index (χ3v) is 4.28. The van der Waals surface area contributed by atoms with Gasteiger partial charge in [-0.25, -0.2) is 0 Å². The molecule has 0 radical (unpaired) electrons. The molecular formula is C16H21NO2. The number of amides is 1. The monoisotopic (exact) mass is 259 g/mol. The number of benzene rings is 1. The van der Waals surface area contributed by atoms with Gasteiger partial charge >= 0.3 is 0 Å². The summed E-state index contributed by atoms with van der Waals surface area (Å²) in [5, 5.41) is 0. The van der Waals surface area contributed by atoms with E-state index in [9.17, 15) is 4.79 Å². The molecule has 0 spiro atoms. The molecule has 1 aliphatic carbocycles. The van der Waals surface area contributed by atoms with E-state index < -0.39 is 0 Å². The predicted octanol–water partition coefficient (Wildman–Crippen LogP) is 2.04. The summed E-state index contributed by atoms with van der Waals surface area (Å²) in [6.45, 7) is 1.59. The molecular weight excluding hydrogens is 238 g/mol. The molecule has 102 valence electrons. The van der Waals surface area contributed by atoms with Gasteiger partial charge in [-0.3, -0.25) is 4.79 Å². The first-order valence-corrected chi connectivity index (χ1v) is 7.17. The highest BCUT2D eigenvalue weighted by atomic mass is 16.5. The smallest absolute Gasteiger partial charge is 0.226 e. The Morgan fingerprint density at radius 1 is 1.32 bits per heavy atom. The number of likely N-dealkylation sites (N-methyl/N-ethyl adjacent to an activating group) is 1. The van der Waals surface area contributed by atoms with Crippen molar-refractivity contribution in [1.82, 2.24) is 4.90 Å². The zero-order valence-corrected chi connectivity index (χ0v) is 11.5.